The van der Waals surface area contributed by atoms with Crippen molar-refractivity contribution in [1.82, 2.24) is 14.9 Å². The number of aromatic nitrogens is 2. The lowest BCUT2D eigenvalue weighted by atomic mass is 10.0. The van der Waals surface area contributed by atoms with Gasteiger partial charge in [0.25, 0.3) is 0 Å². The van der Waals surface area contributed by atoms with E-state index in [-0.39, 0.29) is 6.03 Å². The molecule has 32 heavy (non-hydrogen) atoms. The first-order chi connectivity index (χ1) is 15.7. The van der Waals surface area contributed by atoms with Gasteiger partial charge in [0.05, 0.1) is 23.9 Å². The second-order valence-electron chi connectivity index (χ2n) is 8.15. The van der Waals surface area contributed by atoms with E-state index < -0.39 is 0 Å². The van der Waals surface area contributed by atoms with Crippen molar-refractivity contribution in [3.63, 3.8) is 0 Å². The van der Waals surface area contributed by atoms with Crippen molar-refractivity contribution >= 4 is 17.5 Å². The highest BCUT2D eigenvalue weighted by Crippen LogP contribution is 2.31. The summed E-state index contributed by atoms with van der Waals surface area (Å²) in [6, 6.07) is 18.9. The number of anilines is 2. The van der Waals surface area contributed by atoms with Crippen molar-refractivity contribution < 1.29 is 4.79 Å². The first-order valence-corrected chi connectivity index (χ1v) is 11.0. The third kappa shape index (κ3) is 4.00. The van der Waals surface area contributed by atoms with Gasteiger partial charge in [-0.25, -0.2) is 14.8 Å². The molecule has 5 rings (SSSR count). The van der Waals surface area contributed by atoms with Crippen LogP contribution in [-0.4, -0.2) is 40.5 Å². The number of carbonyl (C=O) groups is 1. The molecular weight excluding hydrogens is 400 g/mol. The van der Waals surface area contributed by atoms with Crippen LogP contribution in [0.15, 0.2) is 54.6 Å². The maximum Gasteiger partial charge on any atom is 0.322 e. The van der Waals surface area contributed by atoms with E-state index in [1.807, 2.05) is 35.2 Å². The number of nitrogens with one attached hydrogen (secondary N) is 1. The highest BCUT2D eigenvalue weighted by Gasteiger charge is 2.29. The molecule has 3 aromatic rings. The Balaban J connectivity index is 1.42. The van der Waals surface area contributed by atoms with E-state index in [0.717, 1.165) is 54.4 Å². The Morgan fingerprint density at radius 2 is 1.72 bits per heavy atom. The first-order valence-electron chi connectivity index (χ1n) is 11.0. The number of fused-ring (bicyclic) bond motifs is 1. The van der Waals surface area contributed by atoms with E-state index in [9.17, 15) is 4.79 Å². The van der Waals surface area contributed by atoms with Crippen LogP contribution in [0.4, 0.5) is 16.3 Å². The lowest BCUT2D eigenvalue weighted by Gasteiger charge is -2.32. The zero-order chi connectivity index (χ0) is 21.9. The Morgan fingerprint density at radius 1 is 0.969 bits per heavy atom. The second-order valence-corrected chi connectivity index (χ2v) is 8.15. The summed E-state index contributed by atoms with van der Waals surface area (Å²) in [5, 5.41) is 11.9. The van der Waals surface area contributed by atoms with Crippen LogP contribution in [0.25, 0.3) is 11.4 Å². The van der Waals surface area contributed by atoms with Gasteiger partial charge in [0.1, 0.15) is 5.82 Å². The van der Waals surface area contributed by atoms with Gasteiger partial charge in [-0.2, -0.15) is 5.26 Å². The maximum atomic E-state index is 12.9. The van der Waals surface area contributed by atoms with E-state index in [1.165, 1.54) is 0 Å². The lowest BCUT2D eigenvalue weighted by Crippen LogP contribution is -2.40. The quantitative estimate of drug-likeness (QED) is 0.681. The molecule has 1 N–H and O–H groups in total. The van der Waals surface area contributed by atoms with Crippen molar-refractivity contribution in [2.75, 3.05) is 29.9 Å². The van der Waals surface area contributed by atoms with Crippen molar-refractivity contribution in [2.45, 2.75) is 25.8 Å². The third-order valence-corrected chi connectivity index (χ3v) is 6.03. The molecule has 0 saturated carbocycles. The van der Waals surface area contributed by atoms with Crippen molar-refractivity contribution in [1.29, 1.82) is 5.26 Å². The summed E-state index contributed by atoms with van der Waals surface area (Å²) < 4.78 is 0. The molecular formula is C25H24N6O. The monoisotopic (exact) mass is 424 g/mol. The molecule has 7 nitrogen and oxygen atoms in total. The fraction of sp³-hybridized carbons (Fsp3) is 0.280. The molecule has 0 bridgehead atoms. The number of nitriles is 1. The molecule has 1 aromatic heterocycles. The molecule has 0 unspecified atom stereocenters. The topological polar surface area (TPSA) is 85.2 Å². The molecule has 7 heteroatoms. The zero-order valence-electron chi connectivity index (χ0n) is 17.8. The van der Waals surface area contributed by atoms with Gasteiger partial charge in [-0.1, -0.05) is 30.3 Å². The van der Waals surface area contributed by atoms with Crippen LogP contribution in [0.3, 0.4) is 0 Å². The molecule has 160 valence electrons. The average Bonchev–Trinajstić information content (AvgIpc) is 3.39. The molecule has 2 aliphatic heterocycles. The lowest BCUT2D eigenvalue weighted by molar-refractivity contribution is 0.206. The average molecular weight is 425 g/mol. The summed E-state index contributed by atoms with van der Waals surface area (Å²) in [4.78, 5) is 26.9. The Bertz CT molecular complexity index is 1160. The standard InChI is InChI=1S/C25H24N6O/c26-16-18-8-10-20(11-9-18)27-25(32)31-15-12-22-21(17-31)24(30-13-4-5-14-30)29-23(28-22)19-6-2-1-3-7-19/h1-3,6-11H,4-5,12-15,17H2,(H,27,32). The van der Waals surface area contributed by atoms with Crippen molar-refractivity contribution in [2.24, 2.45) is 0 Å². The number of carbonyl (C=O) groups excluding carboxylic acids is 1. The van der Waals surface area contributed by atoms with Crippen LogP contribution in [0.1, 0.15) is 29.7 Å². The molecule has 0 atom stereocenters. The largest absolute Gasteiger partial charge is 0.356 e. The normalized spacial score (nSPS) is 15.2. The molecule has 0 radical (unpaired) electrons. The minimum absolute atomic E-state index is 0.153. The number of hydrogen-bond acceptors (Lipinski definition) is 5. The van der Waals surface area contributed by atoms with Crippen molar-refractivity contribution in [3.05, 3.63) is 71.4 Å². The highest BCUT2D eigenvalue weighted by molar-refractivity contribution is 5.89. The van der Waals surface area contributed by atoms with Crippen LogP contribution >= 0.6 is 0 Å². The number of urea groups is 1. The van der Waals surface area contributed by atoms with E-state index in [2.05, 4.69) is 16.3 Å². The molecule has 0 aliphatic carbocycles. The van der Waals surface area contributed by atoms with Crippen LogP contribution in [0.2, 0.25) is 0 Å². The van der Waals surface area contributed by atoms with Crippen LogP contribution in [0, 0.1) is 11.3 Å². The molecule has 3 heterocycles. The van der Waals surface area contributed by atoms with Crippen LogP contribution in [0.5, 0.6) is 0 Å². The number of nitrogens with zero attached hydrogens (tertiary/aromatic N) is 5. The summed E-state index contributed by atoms with van der Waals surface area (Å²) in [6.45, 7) is 3.04. The third-order valence-electron chi connectivity index (χ3n) is 6.03. The number of rotatable bonds is 3. The zero-order valence-corrected chi connectivity index (χ0v) is 17.8. The van der Waals surface area contributed by atoms with Gasteiger partial charge in [0.2, 0.25) is 0 Å². The fourth-order valence-corrected chi connectivity index (χ4v) is 4.31. The van der Waals surface area contributed by atoms with Gasteiger partial charge in [0.15, 0.2) is 5.82 Å². The van der Waals surface area contributed by atoms with E-state index in [4.69, 9.17) is 15.2 Å². The summed E-state index contributed by atoms with van der Waals surface area (Å²) in [7, 11) is 0. The van der Waals surface area contributed by atoms with Gasteiger partial charge in [-0.05, 0) is 37.1 Å². The molecule has 1 saturated heterocycles. The molecule has 2 aliphatic rings. The molecule has 0 spiro atoms. The van der Waals surface area contributed by atoms with Gasteiger partial charge in [-0.3, -0.25) is 0 Å². The predicted octanol–water partition coefficient (Wildman–Crippen LogP) is 4.21. The maximum absolute atomic E-state index is 12.9. The van der Waals surface area contributed by atoms with Crippen LogP contribution in [-0.2, 0) is 13.0 Å². The van der Waals surface area contributed by atoms with Crippen LogP contribution < -0.4 is 10.2 Å². The Kier molecular flexibility index (Phi) is 5.42. The summed E-state index contributed by atoms with van der Waals surface area (Å²) in [5.41, 5.74) is 4.33. The molecule has 2 aromatic carbocycles. The molecule has 1 fully saturated rings. The minimum Gasteiger partial charge on any atom is -0.356 e. The van der Waals surface area contributed by atoms with Crippen molar-refractivity contribution in [3.8, 4) is 17.5 Å². The van der Waals surface area contributed by atoms with Gasteiger partial charge in [-0.15, -0.1) is 0 Å². The fourth-order valence-electron chi connectivity index (χ4n) is 4.31. The summed E-state index contributed by atoms with van der Waals surface area (Å²) in [6.07, 6.45) is 3.00. The summed E-state index contributed by atoms with van der Waals surface area (Å²) in [5.74, 6) is 1.71. The Morgan fingerprint density at radius 3 is 2.44 bits per heavy atom. The second kappa shape index (κ2) is 8.67. The van der Waals surface area contributed by atoms with Gasteiger partial charge >= 0.3 is 6.03 Å². The number of hydrogen-bond donors (Lipinski definition) is 1. The highest BCUT2D eigenvalue weighted by atomic mass is 16.2. The Labute approximate surface area is 187 Å². The smallest absolute Gasteiger partial charge is 0.322 e. The number of benzene rings is 2. The van der Waals surface area contributed by atoms with E-state index >= 15 is 0 Å². The minimum atomic E-state index is -0.153. The number of amides is 2. The SMILES string of the molecule is N#Cc1ccc(NC(=O)N2CCc3nc(-c4ccccc4)nc(N4CCCC4)c3C2)cc1. The predicted molar refractivity (Wildman–Crippen MR) is 123 cm³/mol. The molecule has 2 amide bonds. The Hall–Kier alpha value is -3.92. The van der Waals surface area contributed by atoms with E-state index in [1.54, 1.807) is 24.3 Å². The first kappa shape index (κ1) is 20.0. The van der Waals surface area contributed by atoms with E-state index in [0.29, 0.717) is 30.8 Å². The van der Waals surface area contributed by atoms with Gasteiger partial charge in [0, 0.05) is 42.9 Å². The summed E-state index contributed by atoms with van der Waals surface area (Å²) >= 11 is 0. The van der Waals surface area contributed by atoms with Gasteiger partial charge < -0.3 is 15.1 Å².